The Morgan fingerprint density at radius 3 is 2.41 bits per heavy atom. The third kappa shape index (κ3) is 2.67. The highest BCUT2D eigenvalue weighted by atomic mass is 28.3. The van der Waals surface area contributed by atoms with Gasteiger partial charge in [0.1, 0.15) is 8.07 Å². The van der Waals surface area contributed by atoms with Crippen LogP contribution in [0.4, 0.5) is 0 Å². The van der Waals surface area contributed by atoms with Crippen molar-refractivity contribution in [1.82, 2.24) is 0 Å². The maximum Gasteiger partial charge on any atom is 0.107 e. The molecule has 17 heavy (non-hydrogen) atoms. The molecule has 2 heteroatoms. The van der Waals surface area contributed by atoms with E-state index < -0.39 is 8.07 Å². The quantitative estimate of drug-likeness (QED) is 0.740. The van der Waals surface area contributed by atoms with Crippen molar-refractivity contribution >= 4 is 13.3 Å². The lowest BCUT2D eigenvalue weighted by Crippen LogP contribution is -2.43. The molecule has 1 nitrogen and oxygen atoms in total. The summed E-state index contributed by atoms with van der Waals surface area (Å²) in [6, 6.07) is 13.1. The van der Waals surface area contributed by atoms with Crippen molar-refractivity contribution in [1.29, 1.82) is 5.26 Å². The van der Waals surface area contributed by atoms with Crippen LogP contribution in [0.5, 0.6) is 0 Å². The molecule has 0 aliphatic heterocycles. The van der Waals surface area contributed by atoms with Crippen molar-refractivity contribution < 1.29 is 0 Å². The number of hydrogen-bond donors (Lipinski definition) is 0. The van der Waals surface area contributed by atoms with Crippen LogP contribution in [0.1, 0.15) is 25.7 Å². The van der Waals surface area contributed by atoms with Crippen LogP contribution in [0.2, 0.25) is 13.1 Å². The van der Waals surface area contributed by atoms with Gasteiger partial charge in [0.25, 0.3) is 0 Å². The molecule has 1 saturated carbocycles. The summed E-state index contributed by atoms with van der Waals surface area (Å²) >= 11 is 0. The molecule has 0 aromatic heterocycles. The van der Waals surface area contributed by atoms with Crippen LogP contribution < -0.4 is 5.19 Å². The molecule has 88 valence electrons. The SMILES string of the molecule is C[Si](C)(C(CCC#N)=C1CC1)c1ccccc1. The minimum Gasteiger partial charge on any atom is -0.198 e. The lowest BCUT2D eigenvalue weighted by atomic mass is 10.3. The zero-order valence-corrected chi connectivity index (χ0v) is 11.7. The summed E-state index contributed by atoms with van der Waals surface area (Å²) in [4.78, 5) is 0. The number of rotatable bonds is 4. The van der Waals surface area contributed by atoms with Crippen LogP contribution in [-0.2, 0) is 0 Å². The summed E-state index contributed by atoms with van der Waals surface area (Å²) < 4.78 is 0. The van der Waals surface area contributed by atoms with Gasteiger partial charge < -0.3 is 0 Å². The van der Waals surface area contributed by atoms with Gasteiger partial charge >= 0.3 is 0 Å². The van der Waals surface area contributed by atoms with Gasteiger partial charge in [0, 0.05) is 6.42 Å². The van der Waals surface area contributed by atoms with E-state index in [2.05, 4.69) is 49.5 Å². The first-order valence-corrected chi connectivity index (χ1v) is 9.30. The molecule has 1 aliphatic rings. The Bertz CT molecular complexity index is 459. The van der Waals surface area contributed by atoms with E-state index >= 15 is 0 Å². The average Bonchev–Trinajstić information content (AvgIpc) is 3.15. The molecule has 1 aromatic rings. The summed E-state index contributed by atoms with van der Waals surface area (Å²) in [5.41, 5.74) is 1.64. The molecule has 0 radical (unpaired) electrons. The Hall–Kier alpha value is -1.33. The third-order valence-electron chi connectivity index (χ3n) is 3.66. The normalized spacial score (nSPS) is 14.3. The average molecular weight is 241 g/mol. The molecule has 0 atom stereocenters. The Balaban J connectivity index is 2.30. The van der Waals surface area contributed by atoms with Crippen molar-refractivity contribution in [2.24, 2.45) is 0 Å². The topological polar surface area (TPSA) is 23.8 Å². The molecule has 1 aromatic carbocycles. The van der Waals surface area contributed by atoms with Crippen molar-refractivity contribution in [3.8, 4) is 6.07 Å². The molecule has 0 N–H and O–H groups in total. The molecule has 0 heterocycles. The second-order valence-electron chi connectivity index (χ2n) is 5.23. The number of benzene rings is 1. The van der Waals surface area contributed by atoms with E-state index in [9.17, 15) is 0 Å². The second-order valence-corrected chi connectivity index (χ2v) is 9.66. The maximum atomic E-state index is 8.80. The lowest BCUT2D eigenvalue weighted by molar-refractivity contribution is 1.03. The minimum atomic E-state index is -1.52. The first-order chi connectivity index (χ1) is 8.16. The number of nitriles is 1. The zero-order chi connectivity index (χ0) is 12.3. The van der Waals surface area contributed by atoms with E-state index in [4.69, 9.17) is 5.26 Å². The maximum absolute atomic E-state index is 8.80. The van der Waals surface area contributed by atoms with Gasteiger partial charge in [-0.15, -0.1) is 0 Å². The van der Waals surface area contributed by atoms with Gasteiger partial charge in [0.15, 0.2) is 0 Å². The first kappa shape index (κ1) is 12.1. The zero-order valence-electron chi connectivity index (χ0n) is 10.7. The van der Waals surface area contributed by atoms with Crippen molar-refractivity contribution in [2.45, 2.75) is 38.8 Å². The van der Waals surface area contributed by atoms with Crippen LogP contribution in [0.3, 0.4) is 0 Å². The molecular formula is C15H19NSi. The molecule has 0 spiro atoms. The molecule has 0 bridgehead atoms. The first-order valence-electron chi connectivity index (χ1n) is 6.30. The third-order valence-corrected chi connectivity index (χ3v) is 7.55. The Labute approximate surface area is 105 Å². The summed E-state index contributed by atoms with van der Waals surface area (Å²) in [7, 11) is -1.52. The molecule has 2 rings (SSSR count). The van der Waals surface area contributed by atoms with E-state index in [0.29, 0.717) is 6.42 Å². The monoisotopic (exact) mass is 241 g/mol. The van der Waals surface area contributed by atoms with Gasteiger partial charge in [-0.2, -0.15) is 5.26 Å². The predicted octanol–water partition coefficient (Wildman–Crippen LogP) is 3.54. The second kappa shape index (κ2) is 4.89. The van der Waals surface area contributed by atoms with Crippen LogP contribution in [0.25, 0.3) is 0 Å². The molecule has 0 saturated heterocycles. The van der Waals surface area contributed by atoms with Crippen LogP contribution in [-0.4, -0.2) is 8.07 Å². The van der Waals surface area contributed by atoms with Crippen molar-refractivity contribution in [3.63, 3.8) is 0 Å². The lowest BCUT2D eigenvalue weighted by Gasteiger charge is -2.26. The molecule has 1 aliphatic carbocycles. The van der Waals surface area contributed by atoms with E-state index in [1.165, 1.54) is 18.0 Å². The van der Waals surface area contributed by atoms with E-state index in [-0.39, 0.29) is 0 Å². The molecule has 0 unspecified atom stereocenters. The number of allylic oxidation sites excluding steroid dienone is 2. The summed E-state index contributed by atoms with van der Waals surface area (Å²) in [5.74, 6) is 0. The Morgan fingerprint density at radius 1 is 1.24 bits per heavy atom. The smallest absolute Gasteiger partial charge is 0.107 e. The van der Waals surface area contributed by atoms with Gasteiger partial charge in [-0.3, -0.25) is 0 Å². The van der Waals surface area contributed by atoms with E-state index in [1.807, 2.05) is 0 Å². The van der Waals surface area contributed by atoms with Crippen LogP contribution in [0.15, 0.2) is 41.1 Å². The van der Waals surface area contributed by atoms with E-state index in [1.54, 1.807) is 10.8 Å². The Morgan fingerprint density at radius 2 is 1.88 bits per heavy atom. The predicted molar refractivity (Wildman–Crippen MR) is 74.7 cm³/mol. The van der Waals surface area contributed by atoms with Crippen LogP contribution in [0, 0.1) is 11.3 Å². The highest BCUT2D eigenvalue weighted by Gasteiger charge is 2.32. The standard InChI is InChI=1S/C15H19NSi/c1-17(2,14-7-4-3-5-8-14)15(9-6-12-16)13-10-11-13/h3-5,7-8H,6,9-11H2,1-2H3. The highest BCUT2D eigenvalue weighted by Crippen LogP contribution is 2.37. The summed E-state index contributed by atoms with van der Waals surface area (Å²) in [5, 5.41) is 11.9. The molecular weight excluding hydrogens is 222 g/mol. The molecule has 0 amide bonds. The fourth-order valence-electron chi connectivity index (χ4n) is 2.51. The summed E-state index contributed by atoms with van der Waals surface area (Å²) in [6.45, 7) is 4.83. The van der Waals surface area contributed by atoms with Gasteiger partial charge in [-0.25, -0.2) is 0 Å². The van der Waals surface area contributed by atoms with Gasteiger partial charge in [-0.1, -0.05) is 59.4 Å². The van der Waals surface area contributed by atoms with Crippen molar-refractivity contribution in [3.05, 3.63) is 41.1 Å². The van der Waals surface area contributed by atoms with Gasteiger partial charge in [-0.05, 0) is 19.3 Å². The number of hydrogen-bond acceptors (Lipinski definition) is 1. The minimum absolute atomic E-state index is 0.669. The largest absolute Gasteiger partial charge is 0.198 e. The fourth-order valence-corrected chi connectivity index (χ4v) is 5.76. The fraction of sp³-hybridized carbons (Fsp3) is 0.400. The molecule has 1 fully saturated rings. The van der Waals surface area contributed by atoms with Gasteiger partial charge in [0.05, 0.1) is 6.07 Å². The van der Waals surface area contributed by atoms with E-state index in [0.717, 1.165) is 6.42 Å². The summed E-state index contributed by atoms with van der Waals surface area (Å²) in [6.07, 6.45) is 4.19. The number of nitrogens with zero attached hydrogens (tertiary/aromatic N) is 1. The van der Waals surface area contributed by atoms with Gasteiger partial charge in [0.2, 0.25) is 0 Å². The highest BCUT2D eigenvalue weighted by molar-refractivity contribution is 6.95. The van der Waals surface area contributed by atoms with Crippen molar-refractivity contribution in [2.75, 3.05) is 0 Å². The van der Waals surface area contributed by atoms with Crippen LogP contribution >= 0.6 is 0 Å². The Kier molecular flexibility index (Phi) is 3.49.